The van der Waals surface area contributed by atoms with Gasteiger partial charge in [-0.1, -0.05) is 12.1 Å². The summed E-state index contributed by atoms with van der Waals surface area (Å²) >= 11 is 0. The molecule has 1 fully saturated rings. The van der Waals surface area contributed by atoms with E-state index in [4.69, 9.17) is 24.7 Å². The molecular weight excluding hydrogens is 526 g/mol. The summed E-state index contributed by atoms with van der Waals surface area (Å²) in [4.78, 5) is 40.2. The molecule has 1 aliphatic heterocycles. The summed E-state index contributed by atoms with van der Waals surface area (Å²) < 4.78 is 22.1. The topological polar surface area (TPSA) is 195 Å². The van der Waals surface area contributed by atoms with Crippen LogP contribution in [0.2, 0.25) is 0 Å². The van der Waals surface area contributed by atoms with E-state index in [0.29, 0.717) is 0 Å². The molecule has 0 bridgehead atoms. The first-order valence-corrected chi connectivity index (χ1v) is 12.8. The van der Waals surface area contributed by atoms with Gasteiger partial charge in [-0.3, -0.25) is 14.4 Å². The third kappa shape index (κ3) is 4.28. The highest BCUT2D eigenvalue weighted by atomic mass is 16.7. The molecule has 40 heavy (non-hydrogen) atoms. The maximum atomic E-state index is 13.7. The number of benzene rings is 2. The SMILES string of the molecule is COCC(=O)[C@]1(O)Cc2c(O)c3c(c(O)c2[C@@H](OC2C[C@H](N)[C@@H](O)[C@H](C)O2)C1)C(=O)c1c(OC)cccc1C3=O. The number of Topliss-reactive ketones (excluding diaryl/α,β-unsaturated/α-hetero) is 1. The van der Waals surface area contributed by atoms with Crippen molar-refractivity contribution in [1.82, 2.24) is 0 Å². The van der Waals surface area contributed by atoms with Crippen LogP contribution in [0.15, 0.2) is 18.2 Å². The van der Waals surface area contributed by atoms with E-state index in [1.54, 1.807) is 6.92 Å². The van der Waals surface area contributed by atoms with Crippen molar-refractivity contribution in [2.75, 3.05) is 20.8 Å². The van der Waals surface area contributed by atoms with Crippen LogP contribution in [-0.2, 0) is 25.4 Å². The fourth-order valence-electron chi connectivity index (χ4n) is 5.87. The van der Waals surface area contributed by atoms with Crippen molar-refractivity contribution in [3.63, 3.8) is 0 Å². The molecule has 1 heterocycles. The van der Waals surface area contributed by atoms with Gasteiger partial charge in [0.2, 0.25) is 5.78 Å². The number of carbonyl (C=O) groups excluding carboxylic acids is 3. The number of methoxy groups -OCH3 is 2. The number of hydrogen-bond acceptors (Lipinski definition) is 12. The largest absolute Gasteiger partial charge is 0.507 e. The summed E-state index contributed by atoms with van der Waals surface area (Å²) in [6, 6.07) is 3.71. The molecule has 5 rings (SSSR count). The zero-order valence-electron chi connectivity index (χ0n) is 22.2. The first-order valence-electron chi connectivity index (χ1n) is 12.8. The molecule has 12 nitrogen and oxygen atoms in total. The molecule has 0 saturated carbocycles. The standard InChI is InChI=1S/C28H31NO11/c1-11-23(31)14(29)7-18(39-11)40-16-9-28(36,17(30)10-37-2)8-13-20(16)27(35)22-21(25(13)33)24(32)12-5-4-6-15(38-3)19(12)26(22)34/h4-6,11,14,16,18,23,31,33,35-36H,7-10,29H2,1-3H3/t11-,14-,16-,18?,23-,28-/m0/s1. The molecule has 6 N–H and O–H groups in total. The molecule has 12 heteroatoms. The predicted molar refractivity (Wildman–Crippen MR) is 137 cm³/mol. The fraction of sp³-hybridized carbons (Fsp3) is 0.464. The molecule has 0 aromatic heterocycles. The maximum Gasteiger partial charge on any atom is 0.202 e. The van der Waals surface area contributed by atoms with Gasteiger partial charge in [-0.15, -0.1) is 0 Å². The number of ether oxygens (including phenoxy) is 4. The van der Waals surface area contributed by atoms with Crippen molar-refractivity contribution in [3.05, 3.63) is 51.6 Å². The van der Waals surface area contributed by atoms with Crippen molar-refractivity contribution < 1.29 is 53.8 Å². The Morgan fingerprint density at radius 1 is 1.12 bits per heavy atom. The van der Waals surface area contributed by atoms with Crippen LogP contribution in [0, 0.1) is 0 Å². The number of phenolic OH excluding ortho intramolecular Hbond substituents is 2. The van der Waals surface area contributed by atoms with E-state index in [1.165, 1.54) is 32.4 Å². The van der Waals surface area contributed by atoms with Gasteiger partial charge >= 0.3 is 0 Å². The van der Waals surface area contributed by atoms with Gasteiger partial charge in [0.25, 0.3) is 0 Å². The lowest BCUT2D eigenvalue weighted by molar-refractivity contribution is -0.247. The number of aromatic hydroxyl groups is 2. The summed E-state index contributed by atoms with van der Waals surface area (Å²) in [7, 11) is 2.62. The van der Waals surface area contributed by atoms with Gasteiger partial charge in [-0.25, -0.2) is 0 Å². The number of aliphatic hydroxyl groups excluding tert-OH is 1. The monoisotopic (exact) mass is 557 g/mol. The van der Waals surface area contributed by atoms with E-state index >= 15 is 0 Å². The van der Waals surface area contributed by atoms with Crippen LogP contribution in [0.3, 0.4) is 0 Å². The zero-order chi connectivity index (χ0) is 29.1. The van der Waals surface area contributed by atoms with Gasteiger partial charge in [-0.05, 0) is 13.0 Å². The third-order valence-corrected chi connectivity index (χ3v) is 7.94. The van der Waals surface area contributed by atoms with Crippen LogP contribution in [0.1, 0.15) is 68.8 Å². The Labute approximate surface area is 229 Å². The summed E-state index contributed by atoms with van der Waals surface area (Å²) in [5.41, 5.74) is 2.75. The van der Waals surface area contributed by atoms with Crippen LogP contribution in [0.4, 0.5) is 0 Å². The van der Waals surface area contributed by atoms with Gasteiger partial charge in [0.15, 0.2) is 17.9 Å². The van der Waals surface area contributed by atoms with Crippen molar-refractivity contribution >= 4 is 17.3 Å². The molecule has 214 valence electrons. The van der Waals surface area contributed by atoms with Crippen LogP contribution < -0.4 is 10.5 Å². The smallest absolute Gasteiger partial charge is 0.202 e. The highest BCUT2D eigenvalue weighted by Crippen LogP contribution is 2.52. The van der Waals surface area contributed by atoms with Crippen molar-refractivity contribution in [3.8, 4) is 17.2 Å². The molecule has 1 saturated heterocycles. The molecule has 3 aliphatic rings. The Balaban J connectivity index is 1.68. The van der Waals surface area contributed by atoms with Crippen LogP contribution >= 0.6 is 0 Å². The van der Waals surface area contributed by atoms with Gasteiger partial charge in [-0.2, -0.15) is 0 Å². The molecular formula is C28H31NO11. The zero-order valence-corrected chi connectivity index (χ0v) is 22.2. The van der Waals surface area contributed by atoms with Gasteiger partial charge in [0.1, 0.15) is 29.5 Å². The lowest BCUT2D eigenvalue weighted by Gasteiger charge is -2.42. The number of fused-ring (bicyclic) bond motifs is 3. The number of rotatable bonds is 6. The minimum absolute atomic E-state index is 0.0297. The summed E-state index contributed by atoms with van der Waals surface area (Å²) in [5.74, 6) is -3.37. The van der Waals surface area contributed by atoms with Gasteiger partial charge in [0.05, 0.1) is 42.1 Å². The number of nitrogens with two attached hydrogens (primary N) is 1. The molecule has 2 aliphatic carbocycles. The number of phenols is 2. The molecule has 0 radical (unpaired) electrons. The molecule has 0 amide bonds. The number of ketones is 3. The lowest BCUT2D eigenvalue weighted by atomic mass is 9.72. The van der Waals surface area contributed by atoms with E-state index in [2.05, 4.69) is 0 Å². The highest BCUT2D eigenvalue weighted by molar-refractivity contribution is 6.31. The highest BCUT2D eigenvalue weighted by Gasteiger charge is 2.50. The van der Waals surface area contributed by atoms with E-state index in [9.17, 15) is 34.8 Å². The van der Waals surface area contributed by atoms with Gasteiger partial charge in [0, 0.05) is 49.1 Å². The average Bonchev–Trinajstić information content (AvgIpc) is 2.91. The predicted octanol–water partition coefficient (Wildman–Crippen LogP) is 0.655. The Morgan fingerprint density at radius 3 is 2.48 bits per heavy atom. The lowest BCUT2D eigenvalue weighted by Crippen LogP contribution is -2.53. The summed E-state index contributed by atoms with van der Waals surface area (Å²) in [5, 5.41) is 44.6. The molecule has 1 unspecified atom stereocenters. The molecule has 2 aromatic carbocycles. The number of hydrogen-bond donors (Lipinski definition) is 5. The minimum atomic E-state index is -2.11. The van der Waals surface area contributed by atoms with Crippen molar-refractivity contribution in [1.29, 1.82) is 0 Å². The van der Waals surface area contributed by atoms with Crippen molar-refractivity contribution in [2.45, 2.75) is 62.4 Å². The maximum absolute atomic E-state index is 13.7. The normalized spacial score (nSPS) is 29.4. The molecule has 6 atom stereocenters. The third-order valence-electron chi connectivity index (χ3n) is 7.94. The van der Waals surface area contributed by atoms with Crippen LogP contribution in [0.5, 0.6) is 17.2 Å². The second kappa shape index (κ2) is 10.2. The number of carbonyl (C=O) groups is 3. The summed E-state index contributed by atoms with van der Waals surface area (Å²) in [6.45, 7) is 1.15. The van der Waals surface area contributed by atoms with E-state index in [1.807, 2.05) is 0 Å². The first kappa shape index (κ1) is 28.1. The Hall–Kier alpha value is -3.39. The van der Waals surface area contributed by atoms with E-state index in [0.717, 1.165) is 0 Å². The first-order chi connectivity index (χ1) is 18.9. The van der Waals surface area contributed by atoms with Crippen LogP contribution in [0.25, 0.3) is 0 Å². The average molecular weight is 558 g/mol. The summed E-state index contributed by atoms with van der Waals surface area (Å²) in [6.07, 6.45) is -4.80. The Morgan fingerprint density at radius 2 is 1.82 bits per heavy atom. The second-order valence-electron chi connectivity index (χ2n) is 10.4. The molecule has 0 spiro atoms. The van der Waals surface area contributed by atoms with Crippen molar-refractivity contribution in [2.24, 2.45) is 5.73 Å². The number of aliphatic hydroxyl groups is 2. The Kier molecular flexibility index (Phi) is 7.19. The van der Waals surface area contributed by atoms with Gasteiger partial charge < -0.3 is 45.1 Å². The second-order valence-corrected chi connectivity index (χ2v) is 10.4. The van der Waals surface area contributed by atoms with Crippen LogP contribution in [-0.4, -0.2) is 88.7 Å². The quantitative estimate of drug-likeness (QED) is 0.266. The Bertz CT molecular complexity index is 1390. The fourth-order valence-corrected chi connectivity index (χ4v) is 5.87. The molecule has 2 aromatic rings. The minimum Gasteiger partial charge on any atom is -0.507 e. The van der Waals surface area contributed by atoms with E-state index in [-0.39, 0.29) is 40.8 Å². The van der Waals surface area contributed by atoms with E-state index < -0.39 is 89.2 Å².